The zero-order valence-corrected chi connectivity index (χ0v) is 15.5. The molecule has 2 aromatic rings. The Labute approximate surface area is 163 Å². The highest BCUT2D eigenvalue weighted by atomic mass is 32.1. The molecule has 0 aliphatic heterocycles. The molecule has 152 valence electrons. The first-order chi connectivity index (χ1) is 13.3. The first-order valence-corrected chi connectivity index (χ1v) is 9.25. The van der Waals surface area contributed by atoms with Crippen LogP contribution in [0.15, 0.2) is 41.8 Å². The van der Waals surface area contributed by atoms with Gasteiger partial charge in [0.05, 0.1) is 0 Å². The topological polar surface area (TPSA) is 87.7 Å². The fourth-order valence-electron chi connectivity index (χ4n) is 2.48. The number of carbonyl (C=O) groups is 2. The molecule has 10 heteroatoms. The maximum atomic E-state index is 12.1. The van der Waals surface area contributed by atoms with Gasteiger partial charge in [0, 0.05) is 23.7 Å². The second kappa shape index (κ2) is 10.1. The van der Waals surface area contributed by atoms with E-state index in [2.05, 4.69) is 15.4 Å². The number of aliphatic hydroxyl groups is 1. The number of halogens is 3. The van der Waals surface area contributed by atoms with Crippen LogP contribution in [0.1, 0.15) is 23.6 Å². The molecular formula is C18H19F3N2O4S. The second-order valence-corrected chi connectivity index (χ2v) is 6.77. The lowest BCUT2D eigenvalue weighted by atomic mass is 10.00. The second-order valence-electron chi connectivity index (χ2n) is 5.80. The Bertz CT molecular complexity index is 764. The number of anilines is 1. The van der Waals surface area contributed by atoms with Crippen LogP contribution in [-0.4, -0.2) is 36.4 Å². The number of alkyl halides is 3. The minimum atomic E-state index is -4.80. The quantitative estimate of drug-likeness (QED) is 0.577. The van der Waals surface area contributed by atoms with E-state index in [1.54, 1.807) is 11.3 Å². The highest BCUT2D eigenvalue weighted by Gasteiger charge is 2.31. The Balaban J connectivity index is 1.80. The lowest BCUT2D eigenvalue weighted by Crippen LogP contribution is -2.36. The molecule has 28 heavy (non-hydrogen) atoms. The van der Waals surface area contributed by atoms with Crippen LogP contribution in [0.25, 0.3) is 0 Å². The summed E-state index contributed by atoms with van der Waals surface area (Å²) in [7, 11) is 0. The van der Waals surface area contributed by atoms with Crippen molar-refractivity contribution in [1.29, 1.82) is 0 Å². The van der Waals surface area contributed by atoms with E-state index < -0.39 is 23.9 Å². The maximum absolute atomic E-state index is 12.1. The third-order valence-electron chi connectivity index (χ3n) is 3.75. The molecule has 0 saturated carbocycles. The average Bonchev–Trinajstić information content (AvgIpc) is 3.15. The van der Waals surface area contributed by atoms with E-state index >= 15 is 0 Å². The number of amides is 2. The van der Waals surface area contributed by atoms with Gasteiger partial charge in [-0.3, -0.25) is 9.59 Å². The van der Waals surface area contributed by atoms with Crippen LogP contribution in [0.5, 0.6) is 5.75 Å². The standard InChI is InChI=1S/C18H19F3N2O4S/c19-18(20,21)27-14-5-3-13(4-6-14)23-17(26)16(25)22-9-7-12(8-10-24)15-2-1-11-28-15/h1-6,11-12,24H,7-10H2,(H,22,25)(H,23,26)/t12-/m0/s1. The zero-order valence-electron chi connectivity index (χ0n) is 14.7. The van der Waals surface area contributed by atoms with Crippen molar-refractivity contribution in [3.8, 4) is 5.75 Å². The molecule has 0 aliphatic rings. The first-order valence-electron chi connectivity index (χ1n) is 8.37. The highest BCUT2D eigenvalue weighted by molar-refractivity contribution is 7.10. The number of aliphatic hydroxyl groups excluding tert-OH is 1. The van der Waals surface area contributed by atoms with Crippen LogP contribution in [0, 0.1) is 0 Å². The molecule has 0 saturated heterocycles. The minimum Gasteiger partial charge on any atom is -0.406 e. The number of benzene rings is 1. The van der Waals surface area contributed by atoms with E-state index in [-0.39, 0.29) is 24.8 Å². The number of nitrogens with one attached hydrogen (secondary N) is 2. The lowest BCUT2D eigenvalue weighted by Gasteiger charge is -2.14. The van der Waals surface area contributed by atoms with Gasteiger partial charge in [0.1, 0.15) is 5.75 Å². The molecule has 0 spiro atoms. The number of carbonyl (C=O) groups excluding carboxylic acids is 2. The van der Waals surface area contributed by atoms with Crippen LogP contribution in [-0.2, 0) is 9.59 Å². The molecule has 1 aromatic carbocycles. The van der Waals surface area contributed by atoms with Crippen molar-refractivity contribution in [2.24, 2.45) is 0 Å². The molecule has 0 aliphatic carbocycles. The van der Waals surface area contributed by atoms with Gasteiger partial charge >= 0.3 is 18.2 Å². The Morgan fingerprint density at radius 1 is 1.11 bits per heavy atom. The molecule has 1 atom stereocenters. The van der Waals surface area contributed by atoms with Gasteiger partial charge in [0.15, 0.2) is 0 Å². The summed E-state index contributed by atoms with van der Waals surface area (Å²) < 4.78 is 40.1. The molecule has 1 heterocycles. The predicted molar refractivity (Wildman–Crippen MR) is 98.1 cm³/mol. The summed E-state index contributed by atoms with van der Waals surface area (Å²) in [5, 5.41) is 15.9. The average molecular weight is 416 g/mol. The van der Waals surface area contributed by atoms with E-state index in [1.165, 1.54) is 12.1 Å². The van der Waals surface area contributed by atoms with Gasteiger partial charge in [0.25, 0.3) is 0 Å². The van der Waals surface area contributed by atoms with Crippen molar-refractivity contribution < 1.29 is 32.6 Å². The highest BCUT2D eigenvalue weighted by Crippen LogP contribution is 2.27. The molecule has 2 rings (SSSR count). The van der Waals surface area contributed by atoms with Crippen LogP contribution in [0.2, 0.25) is 0 Å². The molecule has 0 radical (unpaired) electrons. The molecular weight excluding hydrogens is 397 g/mol. The van der Waals surface area contributed by atoms with Crippen molar-refractivity contribution in [3.63, 3.8) is 0 Å². The van der Waals surface area contributed by atoms with Gasteiger partial charge in [-0.2, -0.15) is 0 Å². The van der Waals surface area contributed by atoms with Crippen molar-refractivity contribution >= 4 is 28.8 Å². The van der Waals surface area contributed by atoms with Gasteiger partial charge in [-0.1, -0.05) is 6.07 Å². The Hall–Kier alpha value is -2.59. The summed E-state index contributed by atoms with van der Waals surface area (Å²) in [6, 6.07) is 8.30. The summed E-state index contributed by atoms with van der Waals surface area (Å²) in [6.45, 7) is 0.262. The number of ether oxygens (including phenoxy) is 1. The predicted octanol–water partition coefficient (Wildman–Crippen LogP) is 3.26. The fourth-order valence-corrected chi connectivity index (χ4v) is 3.38. The summed E-state index contributed by atoms with van der Waals surface area (Å²) in [6.07, 6.45) is -3.69. The molecule has 6 nitrogen and oxygen atoms in total. The van der Waals surface area contributed by atoms with E-state index in [9.17, 15) is 22.8 Å². The molecule has 0 unspecified atom stereocenters. The van der Waals surface area contributed by atoms with Gasteiger partial charge in [-0.15, -0.1) is 24.5 Å². The van der Waals surface area contributed by atoms with E-state index in [1.807, 2.05) is 17.5 Å². The molecule has 1 aromatic heterocycles. The van der Waals surface area contributed by atoms with Crippen molar-refractivity contribution in [2.75, 3.05) is 18.5 Å². The molecule has 0 fully saturated rings. The Morgan fingerprint density at radius 2 is 1.82 bits per heavy atom. The lowest BCUT2D eigenvalue weighted by molar-refractivity contribution is -0.274. The molecule has 0 bridgehead atoms. The summed E-state index contributed by atoms with van der Waals surface area (Å²) in [5.41, 5.74) is 0.159. The van der Waals surface area contributed by atoms with Crippen LogP contribution >= 0.6 is 11.3 Å². The third kappa shape index (κ3) is 7.20. The van der Waals surface area contributed by atoms with Gasteiger partial charge in [-0.25, -0.2) is 0 Å². The molecule has 3 N–H and O–H groups in total. The SMILES string of the molecule is O=C(NCC[C@@H](CCO)c1cccs1)C(=O)Nc1ccc(OC(F)(F)F)cc1. The largest absolute Gasteiger partial charge is 0.573 e. The van der Waals surface area contributed by atoms with E-state index in [4.69, 9.17) is 5.11 Å². The number of hydrogen-bond donors (Lipinski definition) is 3. The maximum Gasteiger partial charge on any atom is 0.573 e. The monoisotopic (exact) mass is 416 g/mol. The van der Waals surface area contributed by atoms with Crippen LogP contribution in [0.4, 0.5) is 18.9 Å². The van der Waals surface area contributed by atoms with Crippen molar-refractivity contribution in [2.45, 2.75) is 25.1 Å². The van der Waals surface area contributed by atoms with Gasteiger partial charge in [-0.05, 0) is 54.5 Å². The van der Waals surface area contributed by atoms with Crippen LogP contribution < -0.4 is 15.4 Å². The first kappa shape index (κ1) is 21.7. The van der Waals surface area contributed by atoms with Crippen molar-refractivity contribution in [1.82, 2.24) is 5.32 Å². The number of hydrogen-bond acceptors (Lipinski definition) is 5. The minimum absolute atomic E-state index is 0.0189. The van der Waals surface area contributed by atoms with Crippen LogP contribution in [0.3, 0.4) is 0 Å². The zero-order chi connectivity index (χ0) is 20.6. The van der Waals surface area contributed by atoms with E-state index in [0.29, 0.717) is 12.8 Å². The number of thiophene rings is 1. The normalized spacial score (nSPS) is 12.3. The van der Waals surface area contributed by atoms with Crippen molar-refractivity contribution in [3.05, 3.63) is 46.7 Å². The number of rotatable bonds is 8. The smallest absolute Gasteiger partial charge is 0.406 e. The summed E-state index contributed by atoms with van der Waals surface area (Å²) in [4.78, 5) is 24.9. The third-order valence-corrected chi connectivity index (χ3v) is 4.79. The molecule has 2 amide bonds. The summed E-state index contributed by atoms with van der Waals surface area (Å²) >= 11 is 1.56. The Morgan fingerprint density at radius 3 is 2.39 bits per heavy atom. The van der Waals surface area contributed by atoms with E-state index in [0.717, 1.165) is 17.0 Å². The fraction of sp³-hybridized carbons (Fsp3) is 0.333. The van der Waals surface area contributed by atoms with Gasteiger partial charge in [0.2, 0.25) is 0 Å². The summed E-state index contributed by atoms with van der Waals surface area (Å²) in [5.74, 6) is -2.14. The van der Waals surface area contributed by atoms with Gasteiger partial charge < -0.3 is 20.5 Å². The Kier molecular flexibility index (Phi) is 7.82.